The molecule has 1 aliphatic rings. The van der Waals surface area contributed by atoms with Gasteiger partial charge in [0.15, 0.2) is 11.5 Å². The molecule has 0 unspecified atom stereocenters. The van der Waals surface area contributed by atoms with Crippen molar-refractivity contribution in [3.63, 3.8) is 0 Å². The van der Waals surface area contributed by atoms with Crippen LogP contribution in [0.15, 0.2) is 66.7 Å². The number of ether oxygens (including phenoxy) is 3. The maximum Gasteiger partial charge on any atom is 0.341 e. The Morgan fingerprint density at radius 1 is 1.07 bits per heavy atom. The van der Waals surface area contributed by atoms with Crippen molar-refractivity contribution in [3.8, 4) is 17.1 Å². The number of aromatic nitrogens is 3. The summed E-state index contributed by atoms with van der Waals surface area (Å²) in [4.78, 5) is 24.6. The van der Waals surface area contributed by atoms with Crippen LogP contribution < -0.4 is 4.74 Å². The van der Waals surface area contributed by atoms with Crippen molar-refractivity contribution in [2.45, 2.75) is 39.0 Å². The van der Waals surface area contributed by atoms with Crippen molar-refractivity contribution in [2.75, 3.05) is 13.2 Å². The summed E-state index contributed by atoms with van der Waals surface area (Å²) in [7, 11) is 0. The van der Waals surface area contributed by atoms with Crippen LogP contribution in [0.3, 0.4) is 0 Å². The summed E-state index contributed by atoms with van der Waals surface area (Å²) < 4.78 is 63.4. The molecule has 3 heterocycles. The lowest BCUT2D eigenvalue weighted by Crippen LogP contribution is -2.32. The number of imidazole rings is 1. The monoisotopic (exact) mass is 612 g/mol. The highest BCUT2D eigenvalue weighted by Gasteiger charge is 2.26. The Hall–Kier alpha value is -5.21. The van der Waals surface area contributed by atoms with Crippen LogP contribution in [0.1, 0.15) is 40.7 Å². The maximum absolute atomic E-state index is 15.7. The lowest BCUT2D eigenvalue weighted by Gasteiger charge is -2.27. The van der Waals surface area contributed by atoms with E-state index >= 15 is 8.78 Å². The lowest BCUT2D eigenvalue weighted by molar-refractivity contribution is -0.0590. The molecule has 1 aliphatic heterocycles. The Kier molecular flexibility index (Phi) is 8.49. The summed E-state index contributed by atoms with van der Waals surface area (Å²) in [6.07, 6.45) is 0.878. The van der Waals surface area contributed by atoms with E-state index in [1.54, 1.807) is 47.9 Å². The summed E-state index contributed by atoms with van der Waals surface area (Å²) in [6, 6.07) is 16.7. The van der Waals surface area contributed by atoms with Gasteiger partial charge in [0.25, 0.3) is 0 Å². The van der Waals surface area contributed by atoms with Gasteiger partial charge in [0.05, 0.1) is 42.6 Å². The van der Waals surface area contributed by atoms with Crippen molar-refractivity contribution in [2.24, 2.45) is 0 Å². The van der Waals surface area contributed by atoms with E-state index in [0.29, 0.717) is 35.8 Å². The smallest absolute Gasteiger partial charge is 0.341 e. The predicted molar refractivity (Wildman–Crippen MR) is 159 cm³/mol. The Balaban J connectivity index is 1.25. The number of carbonyl (C=O) groups is 1. The molecule has 8 nitrogen and oxygen atoms in total. The molecule has 1 fully saturated rings. The van der Waals surface area contributed by atoms with Gasteiger partial charge in [-0.3, -0.25) is 0 Å². The molecule has 0 amide bonds. The first-order valence-corrected chi connectivity index (χ1v) is 14.4. The number of benzene rings is 3. The number of fused-ring (bicyclic) bond motifs is 1. The van der Waals surface area contributed by atoms with Gasteiger partial charge in [-0.25, -0.2) is 32.8 Å². The fraction of sp³-hybridized carbons (Fsp3) is 0.235. The zero-order chi connectivity index (χ0) is 31.5. The summed E-state index contributed by atoms with van der Waals surface area (Å²) >= 11 is 0. The van der Waals surface area contributed by atoms with Gasteiger partial charge in [-0.15, -0.1) is 0 Å². The van der Waals surface area contributed by atoms with Gasteiger partial charge in [-0.2, -0.15) is 0 Å². The van der Waals surface area contributed by atoms with Gasteiger partial charge < -0.3 is 18.8 Å². The van der Waals surface area contributed by atoms with E-state index in [1.807, 2.05) is 0 Å². The van der Waals surface area contributed by atoms with Crippen molar-refractivity contribution < 1.29 is 32.2 Å². The minimum absolute atomic E-state index is 0.114. The minimum Gasteiger partial charge on any atom is -0.473 e. The van der Waals surface area contributed by atoms with Gasteiger partial charge in [0.2, 0.25) is 5.88 Å². The quantitative estimate of drug-likeness (QED) is 0.123. The van der Waals surface area contributed by atoms with E-state index in [1.165, 1.54) is 24.3 Å². The minimum atomic E-state index is -0.755. The third kappa shape index (κ3) is 6.23. The van der Waals surface area contributed by atoms with Gasteiger partial charge >= 0.3 is 5.97 Å². The highest BCUT2D eigenvalue weighted by molar-refractivity contribution is 5.94. The van der Waals surface area contributed by atoms with Crippen LogP contribution >= 0.6 is 0 Å². The second-order valence-corrected chi connectivity index (χ2v) is 10.5. The van der Waals surface area contributed by atoms with Gasteiger partial charge in [0, 0.05) is 30.2 Å². The molecule has 3 aromatic carbocycles. The molecule has 228 valence electrons. The Morgan fingerprint density at radius 3 is 2.62 bits per heavy atom. The molecule has 6 rings (SSSR count). The number of carbonyl (C=O) groups excluding carboxylic acids is 1. The third-order valence-electron chi connectivity index (χ3n) is 7.54. The van der Waals surface area contributed by atoms with E-state index in [4.69, 9.17) is 20.8 Å². The molecule has 5 aromatic rings. The van der Waals surface area contributed by atoms with E-state index in [-0.39, 0.29) is 59.5 Å². The molecular weight excluding hydrogens is 585 g/mol. The van der Waals surface area contributed by atoms with Crippen molar-refractivity contribution in [1.29, 1.82) is 0 Å². The second-order valence-electron chi connectivity index (χ2n) is 10.5. The van der Waals surface area contributed by atoms with Crippen LogP contribution in [0.4, 0.5) is 18.9 Å². The normalized spacial score (nSPS) is 14.2. The number of hydrogen-bond donors (Lipinski definition) is 0. The number of nitrogens with zero attached hydrogens (tertiary/aromatic N) is 4. The van der Waals surface area contributed by atoms with Crippen molar-refractivity contribution in [1.82, 2.24) is 14.5 Å². The van der Waals surface area contributed by atoms with E-state index in [2.05, 4.69) is 14.8 Å². The Morgan fingerprint density at radius 2 is 1.91 bits per heavy atom. The molecule has 2 aromatic heterocycles. The fourth-order valence-electron chi connectivity index (χ4n) is 5.14. The van der Waals surface area contributed by atoms with Gasteiger partial charge in [-0.05, 0) is 55.3 Å². The van der Waals surface area contributed by atoms with E-state index < -0.39 is 23.4 Å². The lowest BCUT2D eigenvalue weighted by atomic mass is 10.1. The largest absolute Gasteiger partial charge is 0.473 e. The first-order chi connectivity index (χ1) is 21.8. The Bertz CT molecular complexity index is 1950. The van der Waals surface area contributed by atoms with Crippen molar-refractivity contribution >= 4 is 22.7 Å². The Labute approximate surface area is 256 Å². The standard InChI is InChI=1S/C34H27F3N4O4/c1-3-43-34(42)25-11-12-29-33(32(25)37)41(18-23-13-14-44-23)30(39-29)16-20-7-10-24(27(36)15-20)28-5-4-6-31(40-28)45-19-21-8-9-22(38-2)17-26(21)35/h4-12,15,17,23H,3,13-14,16,18-19H2,1H3/t23-/m0/s1. The molecule has 0 spiro atoms. The van der Waals surface area contributed by atoms with Crippen LogP contribution in [-0.2, 0) is 29.0 Å². The second kappa shape index (κ2) is 12.8. The highest BCUT2D eigenvalue weighted by Crippen LogP contribution is 2.29. The number of esters is 1. The molecule has 1 atom stereocenters. The highest BCUT2D eigenvalue weighted by atomic mass is 19.1. The van der Waals surface area contributed by atoms with E-state index in [0.717, 1.165) is 12.5 Å². The van der Waals surface area contributed by atoms with Crippen LogP contribution in [0.25, 0.3) is 27.1 Å². The predicted octanol–water partition coefficient (Wildman–Crippen LogP) is 7.20. The van der Waals surface area contributed by atoms with Gasteiger partial charge in [0.1, 0.15) is 29.6 Å². The molecule has 45 heavy (non-hydrogen) atoms. The van der Waals surface area contributed by atoms with Crippen LogP contribution in [0.2, 0.25) is 0 Å². The molecule has 1 saturated heterocycles. The number of hydrogen-bond acceptors (Lipinski definition) is 6. The van der Waals surface area contributed by atoms with Crippen LogP contribution in [0, 0.1) is 24.0 Å². The van der Waals surface area contributed by atoms with Crippen molar-refractivity contribution in [3.05, 3.63) is 118 Å². The zero-order valence-corrected chi connectivity index (χ0v) is 24.2. The van der Waals surface area contributed by atoms with E-state index in [9.17, 15) is 9.18 Å². The van der Waals surface area contributed by atoms with Crippen LogP contribution in [0.5, 0.6) is 5.88 Å². The molecule has 0 radical (unpaired) electrons. The van der Waals surface area contributed by atoms with Crippen LogP contribution in [-0.4, -0.2) is 39.8 Å². The molecular formula is C34H27F3N4O4. The molecule has 0 aliphatic carbocycles. The first kappa shape index (κ1) is 29.8. The summed E-state index contributed by atoms with van der Waals surface area (Å²) in [6.45, 7) is 9.59. The molecule has 0 N–H and O–H groups in total. The summed E-state index contributed by atoms with van der Waals surface area (Å²) in [5, 5.41) is 0. The van der Waals surface area contributed by atoms with Gasteiger partial charge in [-0.1, -0.05) is 24.3 Å². The topological polar surface area (TPSA) is 79.8 Å². The number of halogens is 3. The molecule has 0 saturated carbocycles. The maximum atomic E-state index is 15.7. The average molecular weight is 613 g/mol. The third-order valence-corrected chi connectivity index (χ3v) is 7.54. The number of pyridine rings is 1. The fourth-order valence-corrected chi connectivity index (χ4v) is 5.14. The molecule has 11 heteroatoms. The molecule has 0 bridgehead atoms. The first-order valence-electron chi connectivity index (χ1n) is 14.4. The SMILES string of the molecule is [C-]#[N+]c1ccc(COc2cccc(-c3ccc(Cc4nc5ccc(C(=O)OCC)c(F)c5n4C[C@@H]4CCO4)cc3F)n2)c(F)c1. The average Bonchev–Trinajstić information content (AvgIpc) is 3.36. The number of rotatable bonds is 10. The summed E-state index contributed by atoms with van der Waals surface area (Å²) in [5.74, 6) is -1.88. The summed E-state index contributed by atoms with van der Waals surface area (Å²) in [5.41, 5.74) is 1.97. The zero-order valence-electron chi connectivity index (χ0n) is 24.2.